The molecular formula is C12H15NO4S. The lowest BCUT2D eigenvalue weighted by Crippen LogP contribution is -2.30. The minimum atomic E-state index is -3.70. The van der Waals surface area contributed by atoms with Gasteiger partial charge in [-0.1, -0.05) is 12.1 Å². The molecule has 1 saturated carbocycles. The second-order valence-electron chi connectivity index (χ2n) is 4.22. The van der Waals surface area contributed by atoms with Crippen LogP contribution in [0.3, 0.4) is 0 Å². The molecule has 0 radical (unpaired) electrons. The van der Waals surface area contributed by atoms with Gasteiger partial charge < -0.3 is 4.74 Å². The Kier molecular flexibility index (Phi) is 3.68. The average Bonchev–Trinajstić information content (AvgIpc) is 3.20. The van der Waals surface area contributed by atoms with Crippen LogP contribution >= 0.6 is 0 Å². The number of methoxy groups -OCH3 is 1. The van der Waals surface area contributed by atoms with Crippen molar-refractivity contribution in [1.29, 1.82) is 0 Å². The van der Waals surface area contributed by atoms with Crippen molar-refractivity contribution >= 4 is 15.8 Å². The number of para-hydroxylation sites is 1. The minimum Gasteiger partial charge on any atom is -0.495 e. The van der Waals surface area contributed by atoms with E-state index in [9.17, 15) is 13.2 Å². The third kappa shape index (κ3) is 2.88. The number of ketones is 1. The van der Waals surface area contributed by atoms with Crippen molar-refractivity contribution in [3.05, 3.63) is 24.3 Å². The summed E-state index contributed by atoms with van der Waals surface area (Å²) in [5.41, 5.74) is 0. The van der Waals surface area contributed by atoms with Crippen molar-refractivity contribution in [1.82, 2.24) is 4.72 Å². The molecule has 1 aliphatic carbocycles. The molecule has 0 unspecified atom stereocenters. The summed E-state index contributed by atoms with van der Waals surface area (Å²) in [6.07, 6.45) is 1.74. The van der Waals surface area contributed by atoms with Crippen molar-refractivity contribution in [3.63, 3.8) is 0 Å². The van der Waals surface area contributed by atoms with E-state index in [-0.39, 0.29) is 28.9 Å². The van der Waals surface area contributed by atoms with E-state index >= 15 is 0 Å². The number of hydrogen-bond donors (Lipinski definition) is 1. The van der Waals surface area contributed by atoms with E-state index in [1.165, 1.54) is 13.2 Å². The molecule has 18 heavy (non-hydrogen) atoms. The van der Waals surface area contributed by atoms with Crippen LogP contribution in [0.1, 0.15) is 12.8 Å². The molecule has 1 aromatic rings. The number of Topliss-reactive ketones (excluding diaryl/α,β-unsaturated/α-hetero) is 1. The zero-order valence-corrected chi connectivity index (χ0v) is 10.9. The van der Waals surface area contributed by atoms with Gasteiger partial charge in [0.15, 0.2) is 5.78 Å². The Labute approximate surface area is 106 Å². The smallest absolute Gasteiger partial charge is 0.244 e. The first-order valence-electron chi connectivity index (χ1n) is 5.70. The van der Waals surface area contributed by atoms with Crippen LogP contribution in [0, 0.1) is 5.92 Å². The Morgan fingerprint density at radius 2 is 2.06 bits per heavy atom. The van der Waals surface area contributed by atoms with Crippen LogP contribution in [0.2, 0.25) is 0 Å². The molecule has 1 fully saturated rings. The van der Waals surface area contributed by atoms with Crippen LogP contribution in [0.15, 0.2) is 29.2 Å². The van der Waals surface area contributed by atoms with Gasteiger partial charge in [-0.15, -0.1) is 0 Å². The maximum Gasteiger partial charge on any atom is 0.244 e. The van der Waals surface area contributed by atoms with Gasteiger partial charge in [0.2, 0.25) is 10.0 Å². The van der Waals surface area contributed by atoms with E-state index in [2.05, 4.69) is 4.72 Å². The predicted octanol–water partition coefficient (Wildman–Crippen LogP) is 0.953. The van der Waals surface area contributed by atoms with Gasteiger partial charge in [0, 0.05) is 5.92 Å². The van der Waals surface area contributed by atoms with E-state index in [4.69, 9.17) is 4.74 Å². The molecule has 6 heteroatoms. The van der Waals surface area contributed by atoms with E-state index in [0.717, 1.165) is 12.8 Å². The van der Waals surface area contributed by atoms with Crippen molar-refractivity contribution in [2.24, 2.45) is 5.92 Å². The van der Waals surface area contributed by atoms with Gasteiger partial charge in [0.05, 0.1) is 13.7 Å². The standard InChI is InChI=1S/C12H15NO4S/c1-17-11-4-2-3-5-12(11)18(15,16)13-8-10(14)9-6-7-9/h2-5,9,13H,6-8H2,1H3. The van der Waals surface area contributed by atoms with Crippen LogP contribution in [0.25, 0.3) is 0 Å². The second-order valence-corrected chi connectivity index (χ2v) is 5.95. The highest BCUT2D eigenvalue weighted by molar-refractivity contribution is 7.89. The second kappa shape index (κ2) is 5.07. The lowest BCUT2D eigenvalue weighted by molar-refractivity contribution is -0.119. The van der Waals surface area contributed by atoms with E-state index in [0.29, 0.717) is 0 Å². The van der Waals surface area contributed by atoms with Gasteiger partial charge in [-0.05, 0) is 25.0 Å². The first kappa shape index (κ1) is 13.0. The summed E-state index contributed by atoms with van der Waals surface area (Å²) in [4.78, 5) is 11.5. The van der Waals surface area contributed by atoms with Crippen LogP contribution in [0.4, 0.5) is 0 Å². The zero-order chi connectivity index (χ0) is 13.2. The summed E-state index contributed by atoms with van der Waals surface area (Å²) in [5.74, 6) is 0.266. The molecule has 5 nitrogen and oxygen atoms in total. The van der Waals surface area contributed by atoms with Gasteiger partial charge >= 0.3 is 0 Å². The number of ether oxygens (including phenoxy) is 1. The van der Waals surface area contributed by atoms with Crippen molar-refractivity contribution in [3.8, 4) is 5.75 Å². The average molecular weight is 269 g/mol. The first-order chi connectivity index (χ1) is 8.54. The van der Waals surface area contributed by atoms with E-state index < -0.39 is 10.0 Å². The van der Waals surface area contributed by atoms with Gasteiger partial charge in [-0.2, -0.15) is 0 Å². The van der Waals surface area contributed by atoms with Crippen LogP contribution in [-0.2, 0) is 14.8 Å². The number of carbonyl (C=O) groups is 1. The van der Waals surface area contributed by atoms with Crippen LogP contribution < -0.4 is 9.46 Å². The van der Waals surface area contributed by atoms with Crippen molar-refractivity contribution < 1.29 is 17.9 Å². The Morgan fingerprint density at radius 1 is 1.39 bits per heavy atom. The monoisotopic (exact) mass is 269 g/mol. The number of hydrogen-bond acceptors (Lipinski definition) is 4. The Morgan fingerprint density at radius 3 is 2.67 bits per heavy atom. The fourth-order valence-electron chi connectivity index (χ4n) is 1.63. The van der Waals surface area contributed by atoms with Crippen LogP contribution in [-0.4, -0.2) is 27.9 Å². The Balaban J connectivity index is 2.11. The molecule has 1 N–H and O–H groups in total. The SMILES string of the molecule is COc1ccccc1S(=O)(=O)NCC(=O)C1CC1. The fraction of sp³-hybridized carbons (Fsp3) is 0.417. The van der Waals surface area contributed by atoms with Gasteiger partial charge in [-0.3, -0.25) is 4.79 Å². The quantitative estimate of drug-likeness (QED) is 0.834. The summed E-state index contributed by atoms with van der Waals surface area (Å²) >= 11 is 0. The van der Waals surface area contributed by atoms with Gasteiger partial charge in [0.1, 0.15) is 10.6 Å². The minimum absolute atomic E-state index is 0.0466. The van der Waals surface area contributed by atoms with Crippen LogP contribution in [0.5, 0.6) is 5.75 Å². The summed E-state index contributed by atoms with van der Waals surface area (Å²) in [6.45, 7) is -0.148. The summed E-state index contributed by atoms with van der Waals surface area (Å²) in [5, 5.41) is 0. The molecule has 0 saturated heterocycles. The largest absolute Gasteiger partial charge is 0.495 e. The molecule has 1 aromatic carbocycles. The van der Waals surface area contributed by atoms with E-state index in [1.807, 2.05) is 0 Å². The number of rotatable bonds is 6. The highest BCUT2D eigenvalue weighted by atomic mass is 32.2. The highest BCUT2D eigenvalue weighted by Crippen LogP contribution is 2.29. The molecule has 0 atom stereocenters. The molecule has 0 bridgehead atoms. The lowest BCUT2D eigenvalue weighted by Gasteiger charge is -2.09. The van der Waals surface area contributed by atoms with Crippen molar-refractivity contribution in [2.45, 2.75) is 17.7 Å². The molecule has 0 amide bonds. The first-order valence-corrected chi connectivity index (χ1v) is 7.18. The van der Waals surface area contributed by atoms with Gasteiger partial charge in [0.25, 0.3) is 0 Å². The maximum atomic E-state index is 12.0. The molecular weight excluding hydrogens is 254 g/mol. The highest BCUT2D eigenvalue weighted by Gasteiger charge is 2.30. The number of sulfonamides is 1. The molecule has 0 aromatic heterocycles. The Bertz CT molecular complexity index is 549. The third-order valence-electron chi connectivity index (χ3n) is 2.83. The normalized spacial score (nSPS) is 15.4. The maximum absolute atomic E-state index is 12.0. The number of nitrogens with one attached hydrogen (secondary N) is 1. The summed E-state index contributed by atoms with van der Waals surface area (Å²) in [7, 11) is -2.29. The number of benzene rings is 1. The molecule has 0 heterocycles. The summed E-state index contributed by atoms with van der Waals surface area (Å²) < 4.78 is 31.3. The molecule has 2 rings (SSSR count). The molecule has 0 aliphatic heterocycles. The zero-order valence-electron chi connectivity index (χ0n) is 10.0. The lowest BCUT2D eigenvalue weighted by atomic mass is 10.3. The molecule has 98 valence electrons. The number of carbonyl (C=O) groups excluding carboxylic acids is 1. The predicted molar refractivity (Wildman–Crippen MR) is 65.9 cm³/mol. The van der Waals surface area contributed by atoms with Crippen molar-refractivity contribution in [2.75, 3.05) is 13.7 Å². The van der Waals surface area contributed by atoms with E-state index in [1.54, 1.807) is 18.2 Å². The molecule has 1 aliphatic rings. The Hall–Kier alpha value is -1.40. The summed E-state index contributed by atoms with van der Waals surface area (Å²) in [6, 6.07) is 6.31. The molecule has 0 spiro atoms. The third-order valence-corrected chi connectivity index (χ3v) is 4.27. The topological polar surface area (TPSA) is 72.5 Å². The fourth-order valence-corrected chi connectivity index (χ4v) is 2.80. The van der Waals surface area contributed by atoms with Gasteiger partial charge in [-0.25, -0.2) is 13.1 Å².